The van der Waals surface area contributed by atoms with Crippen LogP contribution in [0.2, 0.25) is 0 Å². The van der Waals surface area contributed by atoms with Gasteiger partial charge in [0.1, 0.15) is 5.82 Å². The number of thioether (sulfide) groups is 1. The van der Waals surface area contributed by atoms with Crippen LogP contribution in [-0.2, 0) is 10.0 Å². The molecule has 4 nitrogen and oxygen atoms in total. The third kappa shape index (κ3) is 4.12. The fourth-order valence-electron chi connectivity index (χ4n) is 2.47. The van der Waals surface area contributed by atoms with E-state index in [0.717, 1.165) is 37.1 Å². The molecule has 21 heavy (non-hydrogen) atoms. The molecule has 1 aliphatic rings. The summed E-state index contributed by atoms with van der Waals surface area (Å²) >= 11 is 4.94. The molecule has 0 spiro atoms. The van der Waals surface area contributed by atoms with Crippen LogP contribution < -0.4 is 10.5 Å². The van der Waals surface area contributed by atoms with Gasteiger partial charge in [0.05, 0.1) is 10.6 Å². The second-order valence-corrected chi connectivity index (χ2v) is 9.13. The predicted molar refractivity (Wildman–Crippen MR) is 88.4 cm³/mol. The second-order valence-electron chi connectivity index (χ2n) is 5.01. The van der Waals surface area contributed by atoms with Crippen molar-refractivity contribution >= 4 is 43.4 Å². The Hall–Kier alpha value is -0.310. The van der Waals surface area contributed by atoms with Crippen LogP contribution in [0, 0.1) is 5.82 Å². The summed E-state index contributed by atoms with van der Waals surface area (Å²) in [5.74, 6) is 0.394. The van der Waals surface area contributed by atoms with Crippen molar-refractivity contribution in [2.75, 3.05) is 11.5 Å². The van der Waals surface area contributed by atoms with Gasteiger partial charge in [-0.15, -0.1) is 0 Å². The molecule has 0 bridgehead atoms. The highest BCUT2D eigenvalue weighted by Crippen LogP contribution is 2.32. The summed E-state index contributed by atoms with van der Waals surface area (Å²) in [6, 6.07) is 2.15. The van der Waals surface area contributed by atoms with Crippen LogP contribution in [-0.4, -0.2) is 25.5 Å². The van der Waals surface area contributed by atoms with Crippen molar-refractivity contribution in [2.24, 2.45) is 0 Å². The minimum absolute atomic E-state index is 0.0204. The molecule has 118 valence electrons. The monoisotopic (exact) mass is 396 g/mol. The zero-order valence-electron chi connectivity index (χ0n) is 11.6. The lowest BCUT2D eigenvalue weighted by atomic mass is 10.3. The molecule has 1 aromatic rings. The SMILES string of the molecule is CCSC1CCC(NS(=O)(=O)c2cc(N)c(F)cc2Br)C1. The summed E-state index contributed by atoms with van der Waals surface area (Å²) in [5, 5.41) is 0.504. The van der Waals surface area contributed by atoms with E-state index in [1.54, 1.807) is 0 Å². The van der Waals surface area contributed by atoms with E-state index in [4.69, 9.17) is 5.73 Å². The number of hydrogen-bond acceptors (Lipinski definition) is 4. The van der Waals surface area contributed by atoms with Crippen molar-refractivity contribution in [3.05, 3.63) is 22.4 Å². The molecule has 1 aromatic carbocycles. The third-order valence-corrected chi connectivity index (χ3v) is 7.16. The Bertz CT molecular complexity index is 625. The van der Waals surface area contributed by atoms with E-state index in [9.17, 15) is 12.8 Å². The van der Waals surface area contributed by atoms with Gasteiger partial charge in [-0.05, 0) is 53.1 Å². The molecule has 0 heterocycles. The van der Waals surface area contributed by atoms with Gasteiger partial charge in [0.25, 0.3) is 0 Å². The van der Waals surface area contributed by atoms with E-state index in [1.807, 2.05) is 11.8 Å². The van der Waals surface area contributed by atoms with Gasteiger partial charge in [-0.3, -0.25) is 0 Å². The van der Waals surface area contributed by atoms with Crippen LogP contribution >= 0.6 is 27.7 Å². The molecule has 8 heteroatoms. The molecule has 1 aliphatic carbocycles. The Kier molecular flexibility index (Phi) is 5.56. The Labute approximate surface area is 137 Å². The highest BCUT2D eigenvalue weighted by Gasteiger charge is 2.29. The minimum Gasteiger partial charge on any atom is -0.396 e. The molecular formula is C13H18BrFN2O2S2. The number of nitrogens with two attached hydrogens (primary N) is 1. The maximum atomic E-state index is 13.3. The van der Waals surface area contributed by atoms with Crippen LogP contribution in [0.25, 0.3) is 0 Å². The Morgan fingerprint density at radius 3 is 2.86 bits per heavy atom. The zero-order chi connectivity index (χ0) is 15.6. The van der Waals surface area contributed by atoms with Crippen molar-refractivity contribution in [2.45, 2.75) is 42.4 Å². The number of benzene rings is 1. The Morgan fingerprint density at radius 1 is 1.48 bits per heavy atom. The molecule has 0 radical (unpaired) electrons. The van der Waals surface area contributed by atoms with Crippen molar-refractivity contribution in [1.82, 2.24) is 4.72 Å². The van der Waals surface area contributed by atoms with E-state index in [1.165, 1.54) is 0 Å². The summed E-state index contributed by atoms with van der Waals surface area (Å²) < 4.78 is 41.0. The summed E-state index contributed by atoms with van der Waals surface area (Å²) in [7, 11) is -3.70. The fourth-order valence-corrected chi connectivity index (χ4v) is 5.94. The van der Waals surface area contributed by atoms with E-state index in [2.05, 4.69) is 27.6 Å². The fraction of sp³-hybridized carbons (Fsp3) is 0.538. The lowest BCUT2D eigenvalue weighted by molar-refractivity contribution is 0.551. The maximum absolute atomic E-state index is 13.3. The first kappa shape index (κ1) is 17.1. The molecule has 0 amide bonds. The van der Waals surface area contributed by atoms with Gasteiger partial charge >= 0.3 is 0 Å². The molecule has 3 N–H and O–H groups in total. The summed E-state index contributed by atoms with van der Waals surface area (Å²) in [4.78, 5) is -0.0204. The average Bonchev–Trinajstić information content (AvgIpc) is 2.80. The van der Waals surface area contributed by atoms with E-state index >= 15 is 0 Å². The average molecular weight is 397 g/mol. The normalized spacial score (nSPS) is 22.6. The third-order valence-electron chi connectivity index (χ3n) is 3.45. The van der Waals surface area contributed by atoms with E-state index in [0.29, 0.717) is 5.25 Å². The highest BCUT2D eigenvalue weighted by molar-refractivity contribution is 9.10. The number of anilines is 1. The molecule has 1 saturated carbocycles. The van der Waals surface area contributed by atoms with E-state index < -0.39 is 15.8 Å². The largest absolute Gasteiger partial charge is 0.396 e. The molecule has 1 fully saturated rings. The van der Waals surface area contributed by atoms with Gasteiger partial charge in [-0.25, -0.2) is 17.5 Å². The number of halogens is 2. The summed E-state index contributed by atoms with van der Waals surface area (Å²) in [6.45, 7) is 2.10. The maximum Gasteiger partial charge on any atom is 0.242 e. The molecule has 2 unspecified atom stereocenters. The predicted octanol–water partition coefficient (Wildman–Crippen LogP) is 3.12. The first-order valence-electron chi connectivity index (χ1n) is 6.72. The summed E-state index contributed by atoms with van der Waals surface area (Å²) in [6.07, 6.45) is 2.66. The lowest BCUT2D eigenvalue weighted by Gasteiger charge is -2.15. The van der Waals surface area contributed by atoms with E-state index in [-0.39, 0.29) is 21.1 Å². The topological polar surface area (TPSA) is 72.2 Å². The van der Waals surface area contributed by atoms with Gasteiger partial charge < -0.3 is 5.73 Å². The second kappa shape index (κ2) is 6.85. The number of nitrogen functional groups attached to an aromatic ring is 1. The number of hydrogen-bond donors (Lipinski definition) is 2. The van der Waals surface area contributed by atoms with Gasteiger partial charge in [0.2, 0.25) is 10.0 Å². The van der Waals surface area contributed by atoms with Crippen LogP contribution in [0.4, 0.5) is 10.1 Å². The molecule has 2 atom stereocenters. The van der Waals surface area contributed by atoms with Crippen molar-refractivity contribution < 1.29 is 12.8 Å². The Morgan fingerprint density at radius 2 is 2.19 bits per heavy atom. The number of nitrogens with one attached hydrogen (secondary N) is 1. The van der Waals surface area contributed by atoms with Crippen LogP contribution in [0.5, 0.6) is 0 Å². The molecule has 0 aromatic heterocycles. The van der Waals surface area contributed by atoms with Gasteiger partial charge in [0.15, 0.2) is 0 Å². The standard InChI is InChI=1S/C13H18BrFN2O2S2/c1-2-20-9-4-3-8(5-9)17-21(18,19)13-7-12(16)11(15)6-10(13)14/h6-9,17H,2-5,16H2,1H3. The molecule has 0 saturated heterocycles. The van der Waals surface area contributed by atoms with Crippen molar-refractivity contribution in [3.63, 3.8) is 0 Å². The zero-order valence-corrected chi connectivity index (χ0v) is 14.8. The highest BCUT2D eigenvalue weighted by atomic mass is 79.9. The number of sulfonamides is 1. The minimum atomic E-state index is -3.70. The number of rotatable bonds is 5. The van der Waals surface area contributed by atoms with Crippen molar-refractivity contribution in [1.29, 1.82) is 0 Å². The molecular weight excluding hydrogens is 379 g/mol. The lowest BCUT2D eigenvalue weighted by Crippen LogP contribution is -2.33. The van der Waals surface area contributed by atoms with Crippen LogP contribution in [0.1, 0.15) is 26.2 Å². The van der Waals surface area contributed by atoms with Crippen LogP contribution in [0.15, 0.2) is 21.5 Å². The quantitative estimate of drug-likeness (QED) is 0.749. The smallest absolute Gasteiger partial charge is 0.242 e. The first-order chi connectivity index (χ1) is 9.83. The van der Waals surface area contributed by atoms with Crippen molar-refractivity contribution in [3.8, 4) is 0 Å². The van der Waals surface area contributed by atoms with Gasteiger partial charge in [-0.1, -0.05) is 6.92 Å². The molecule has 0 aliphatic heterocycles. The van der Waals surface area contributed by atoms with Gasteiger partial charge in [0, 0.05) is 15.8 Å². The molecule has 2 rings (SSSR count). The van der Waals surface area contributed by atoms with Crippen LogP contribution in [0.3, 0.4) is 0 Å². The Balaban J connectivity index is 2.14. The first-order valence-corrected chi connectivity index (χ1v) is 10.0. The summed E-state index contributed by atoms with van der Waals surface area (Å²) in [5.41, 5.74) is 5.29. The van der Waals surface area contributed by atoms with Gasteiger partial charge in [-0.2, -0.15) is 11.8 Å².